The van der Waals surface area contributed by atoms with E-state index in [0.717, 1.165) is 25.7 Å². The molecule has 0 unspecified atom stereocenters. The van der Waals surface area contributed by atoms with Gasteiger partial charge in [0, 0.05) is 23.7 Å². The highest BCUT2D eigenvalue weighted by Gasteiger charge is 2.23. The number of hydrogen-bond acceptors (Lipinski definition) is 6. The van der Waals surface area contributed by atoms with Gasteiger partial charge in [0.05, 0.1) is 27.3 Å². The number of nitro benzene ring substituents is 1. The normalized spacial score (nSPS) is 14.6. The molecule has 2 heterocycles. The van der Waals surface area contributed by atoms with Gasteiger partial charge in [-0.3, -0.25) is 14.9 Å². The molecule has 27 heavy (non-hydrogen) atoms. The molecule has 8 heteroatoms. The zero-order valence-corrected chi connectivity index (χ0v) is 14.8. The Morgan fingerprint density at radius 2 is 2.07 bits per heavy atom. The lowest BCUT2D eigenvalue weighted by Gasteiger charge is -2.13. The largest absolute Gasteiger partial charge is 0.349 e. The number of carbonyl (C=O) groups excluding carboxylic acids is 1. The molecule has 1 aromatic carbocycles. The number of nitrogens with zero attached hydrogens (tertiary/aromatic N) is 3. The molecule has 1 fully saturated rings. The minimum Gasteiger partial charge on any atom is -0.349 e. The molecule has 2 aromatic heterocycles. The maximum absolute atomic E-state index is 12.9. The van der Waals surface area contributed by atoms with Crippen LogP contribution < -0.4 is 5.32 Å². The van der Waals surface area contributed by atoms with Gasteiger partial charge in [0.15, 0.2) is 0 Å². The molecule has 138 valence electrons. The second-order valence-corrected chi connectivity index (χ2v) is 6.77. The third-order valence-electron chi connectivity index (χ3n) is 4.90. The van der Waals surface area contributed by atoms with Crippen molar-refractivity contribution in [2.45, 2.75) is 38.6 Å². The van der Waals surface area contributed by atoms with Gasteiger partial charge in [-0.1, -0.05) is 30.1 Å². The first-order valence-electron chi connectivity index (χ1n) is 8.85. The number of aromatic nitrogens is 2. The van der Waals surface area contributed by atoms with Crippen molar-refractivity contribution in [3.63, 3.8) is 0 Å². The fourth-order valence-electron chi connectivity index (χ4n) is 3.53. The molecule has 1 aliphatic rings. The van der Waals surface area contributed by atoms with Gasteiger partial charge in [0.25, 0.3) is 17.3 Å². The van der Waals surface area contributed by atoms with Gasteiger partial charge in [0.2, 0.25) is 0 Å². The summed E-state index contributed by atoms with van der Waals surface area (Å²) in [6.45, 7) is 1.76. The van der Waals surface area contributed by atoms with Crippen molar-refractivity contribution >= 4 is 22.7 Å². The quantitative estimate of drug-likeness (QED) is 0.555. The van der Waals surface area contributed by atoms with Crippen LogP contribution in [0.3, 0.4) is 0 Å². The number of rotatable bonds is 4. The van der Waals surface area contributed by atoms with Gasteiger partial charge < -0.3 is 9.84 Å². The van der Waals surface area contributed by atoms with E-state index in [1.54, 1.807) is 25.1 Å². The van der Waals surface area contributed by atoms with E-state index in [-0.39, 0.29) is 23.3 Å². The van der Waals surface area contributed by atoms with Gasteiger partial charge in [-0.05, 0) is 25.8 Å². The maximum Gasteiger partial charge on any atom is 0.270 e. The Morgan fingerprint density at radius 1 is 1.30 bits per heavy atom. The van der Waals surface area contributed by atoms with Crippen molar-refractivity contribution in [3.05, 3.63) is 51.7 Å². The molecule has 0 saturated heterocycles. The second-order valence-electron chi connectivity index (χ2n) is 6.77. The SMILES string of the molecule is Cc1noc2nc(-c3cccc([N+](=O)[O-])c3)cc(C(=O)NC3CCCC3)c12. The number of amides is 1. The maximum atomic E-state index is 12.9. The van der Waals surface area contributed by atoms with Gasteiger partial charge in [-0.15, -0.1) is 0 Å². The molecule has 1 aliphatic carbocycles. The third-order valence-corrected chi connectivity index (χ3v) is 4.90. The van der Waals surface area contributed by atoms with Crippen LogP contribution in [0.25, 0.3) is 22.4 Å². The molecule has 8 nitrogen and oxygen atoms in total. The number of benzene rings is 1. The van der Waals surface area contributed by atoms with Crippen molar-refractivity contribution in [2.75, 3.05) is 0 Å². The molecule has 0 bridgehead atoms. The first-order chi connectivity index (χ1) is 13.0. The summed E-state index contributed by atoms with van der Waals surface area (Å²) in [4.78, 5) is 27.9. The van der Waals surface area contributed by atoms with Crippen LogP contribution in [0.1, 0.15) is 41.7 Å². The molecule has 3 aromatic rings. The molecule has 4 rings (SSSR count). The van der Waals surface area contributed by atoms with Crippen molar-refractivity contribution < 1.29 is 14.2 Å². The monoisotopic (exact) mass is 366 g/mol. The third kappa shape index (κ3) is 3.25. The lowest BCUT2D eigenvalue weighted by atomic mass is 10.0. The Hall–Kier alpha value is -3.29. The number of carbonyl (C=O) groups is 1. The fraction of sp³-hybridized carbons (Fsp3) is 0.316. The topological polar surface area (TPSA) is 111 Å². The van der Waals surface area contributed by atoms with E-state index in [2.05, 4.69) is 15.5 Å². The minimum atomic E-state index is -0.464. The van der Waals surface area contributed by atoms with Gasteiger partial charge in [0.1, 0.15) is 0 Å². The predicted molar refractivity (Wildman–Crippen MR) is 98.4 cm³/mol. The van der Waals surface area contributed by atoms with Gasteiger partial charge >= 0.3 is 0 Å². The molecule has 0 aliphatic heterocycles. The van der Waals surface area contributed by atoms with E-state index in [9.17, 15) is 14.9 Å². The average Bonchev–Trinajstić information content (AvgIpc) is 3.31. The summed E-state index contributed by atoms with van der Waals surface area (Å²) in [5.74, 6) is -0.202. The number of fused-ring (bicyclic) bond motifs is 1. The summed E-state index contributed by atoms with van der Waals surface area (Å²) in [6, 6.07) is 7.95. The van der Waals surface area contributed by atoms with Crippen LogP contribution >= 0.6 is 0 Å². The van der Waals surface area contributed by atoms with E-state index in [0.29, 0.717) is 27.9 Å². The molecule has 1 N–H and O–H groups in total. The number of nitrogens with one attached hydrogen (secondary N) is 1. The summed E-state index contributed by atoms with van der Waals surface area (Å²) >= 11 is 0. The van der Waals surface area contributed by atoms with Crippen molar-refractivity contribution in [3.8, 4) is 11.3 Å². The zero-order chi connectivity index (χ0) is 19.0. The van der Waals surface area contributed by atoms with Gasteiger partial charge in [-0.2, -0.15) is 0 Å². The Morgan fingerprint density at radius 3 is 2.81 bits per heavy atom. The van der Waals surface area contributed by atoms with Crippen molar-refractivity contribution in [2.24, 2.45) is 0 Å². The average molecular weight is 366 g/mol. The van der Waals surface area contributed by atoms with Crippen molar-refractivity contribution in [1.29, 1.82) is 0 Å². The summed E-state index contributed by atoms with van der Waals surface area (Å²) in [7, 11) is 0. The summed E-state index contributed by atoms with van der Waals surface area (Å²) in [5.41, 5.74) is 2.17. The van der Waals surface area contributed by atoms with E-state index in [4.69, 9.17) is 4.52 Å². The molecular formula is C19H18N4O4. The molecule has 1 saturated carbocycles. The Kier molecular flexibility index (Phi) is 4.31. The first kappa shape index (κ1) is 17.1. The number of aryl methyl sites for hydroxylation is 1. The number of pyridine rings is 1. The lowest BCUT2D eigenvalue weighted by Crippen LogP contribution is -2.32. The zero-order valence-electron chi connectivity index (χ0n) is 14.8. The van der Waals surface area contributed by atoms with Gasteiger partial charge in [-0.25, -0.2) is 4.98 Å². The summed E-state index contributed by atoms with van der Waals surface area (Å²) in [6.07, 6.45) is 4.17. The predicted octanol–water partition coefficient (Wildman–Crippen LogP) is 3.78. The first-order valence-corrected chi connectivity index (χ1v) is 8.85. The van der Waals surface area contributed by atoms with Crippen LogP contribution in [0.4, 0.5) is 5.69 Å². The van der Waals surface area contributed by atoms with Crippen molar-refractivity contribution in [1.82, 2.24) is 15.5 Å². The molecule has 0 radical (unpaired) electrons. The molecule has 0 atom stereocenters. The minimum absolute atomic E-state index is 0.0416. The lowest BCUT2D eigenvalue weighted by molar-refractivity contribution is -0.384. The number of non-ortho nitro benzene ring substituents is 1. The highest BCUT2D eigenvalue weighted by molar-refractivity contribution is 6.07. The Balaban J connectivity index is 1.80. The molecular weight excluding hydrogens is 348 g/mol. The number of nitro groups is 1. The van der Waals surface area contributed by atoms with E-state index >= 15 is 0 Å². The highest BCUT2D eigenvalue weighted by atomic mass is 16.6. The standard InChI is InChI=1S/C19H18N4O4/c1-11-17-15(18(24)20-13-6-2-3-7-13)10-16(21-19(17)27-22-11)12-5-4-8-14(9-12)23(25)26/h4-5,8-10,13H,2-3,6-7H2,1H3,(H,20,24). The van der Waals surface area contributed by atoms with E-state index in [1.165, 1.54) is 12.1 Å². The van der Waals surface area contributed by atoms with Crippen LogP contribution in [-0.2, 0) is 0 Å². The molecule has 0 spiro atoms. The Bertz CT molecular complexity index is 1040. The molecule has 1 amide bonds. The smallest absolute Gasteiger partial charge is 0.270 e. The van der Waals surface area contributed by atoms with E-state index < -0.39 is 4.92 Å². The van der Waals surface area contributed by atoms with E-state index in [1.807, 2.05) is 0 Å². The summed E-state index contributed by atoms with van der Waals surface area (Å²) < 4.78 is 5.27. The highest BCUT2D eigenvalue weighted by Crippen LogP contribution is 2.29. The fourth-order valence-corrected chi connectivity index (χ4v) is 3.53. The Labute approximate surface area is 154 Å². The number of hydrogen-bond donors (Lipinski definition) is 1. The van der Waals surface area contributed by atoms with Crippen LogP contribution in [0.15, 0.2) is 34.9 Å². The second kappa shape index (κ2) is 6.79. The summed E-state index contributed by atoms with van der Waals surface area (Å²) in [5, 5.41) is 18.6. The van der Waals surface area contributed by atoms with Crippen LogP contribution in [0.2, 0.25) is 0 Å². The van der Waals surface area contributed by atoms with Crippen LogP contribution in [0.5, 0.6) is 0 Å². The van der Waals surface area contributed by atoms with Crippen LogP contribution in [0, 0.1) is 17.0 Å². The van der Waals surface area contributed by atoms with Crippen LogP contribution in [-0.4, -0.2) is 27.0 Å².